The maximum Gasteiger partial charge on any atom is 0.276 e. The first-order chi connectivity index (χ1) is 11.2. The highest BCUT2D eigenvalue weighted by Gasteiger charge is 2.18. The molecule has 2 N–H and O–H groups in total. The van der Waals surface area contributed by atoms with Crippen molar-refractivity contribution < 1.29 is 9.53 Å². The highest BCUT2D eigenvalue weighted by Crippen LogP contribution is 2.22. The van der Waals surface area contributed by atoms with E-state index in [1.807, 2.05) is 36.0 Å². The van der Waals surface area contributed by atoms with Crippen LogP contribution in [0.2, 0.25) is 0 Å². The third-order valence-corrected chi connectivity index (χ3v) is 4.17. The topological polar surface area (TPSA) is 68.2 Å². The Kier molecular flexibility index (Phi) is 4.62. The van der Waals surface area contributed by atoms with Gasteiger partial charge in [-0.2, -0.15) is 5.10 Å². The van der Waals surface area contributed by atoms with Gasteiger partial charge < -0.3 is 15.4 Å². The molecule has 1 amide bonds. The standard InChI is InChI=1S/C17H22N4O2/c1-12-10-14(23-2)5-6-15(12)19-17(22)16-7-9-21(20-16)13-4-3-8-18-11-13/h5-7,9-10,13,18H,3-4,8,11H2,1-2H3,(H,19,22). The molecule has 23 heavy (non-hydrogen) atoms. The van der Waals surface area contributed by atoms with Crippen LogP contribution in [0.25, 0.3) is 0 Å². The first-order valence-corrected chi connectivity index (χ1v) is 7.89. The number of anilines is 1. The first kappa shape index (κ1) is 15.6. The first-order valence-electron chi connectivity index (χ1n) is 7.89. The summed E-state index contributed by atoms with van der Waals surface area (Å²) in [6.45, 7) is 3.90. The summed E-state index contributed by atoms with van der Waals surface area (Å²) in [5.41, 5.74) is 2.16. The molecule has 0 bridgehead atoms. The van der Waals surface area contributed by atoms with Crippen LogP contribution in [-0.2, 0) is 0 Å². The van der Waals surface area contributed by atoms with Gasteiger partial charge in [-0.3, -0.25) is 9.48 Å². The Morgan fingerprint density at radius 3 is 3.00 bits per heavy atom. The number of amides is 1. The maximum absolute atomic E-state index is 12.4. The van der Waals surface area contributed by atoms with E-state index in [1.165, 1.54) is 0 Å². The Balaban J connectivity index is 1.70. The van der Waals surface area contributed by atoms with Gasteiger partial charge in [0, 0.05) is 18.4 Å². The molecule has 6 heteroatoms. The minimum absolute atomic E-state index is 0.194. The lowest BCUT2D eigenvalue weighted by Crippen LogP contribution is -2.32. The quantitative estimate of drug-likeness (QED) is 0.909. The third kappa shape index (κ3) is 3.53. The number of rotatable bonds is 4. The van der Waals surface area contributed by atoms with E-state index in [9.17, 15) is 4.79 Å². The van der Waals surface area contributed by atoms with Gasteiger partial charge in [-0.1, -0.05) is 0 Å². The van der Waals surface area contributed by atoms with Crippen LogP contribution in [0.5, 0.6) is 5.75 Å². The molecular weight excluding hydrogens is 292 g/mol. The number of aromatic nitrogens is 2. The van der Waals surface area contributed by atoms with Crippen molar-refractivity contribution in [1.82, 2.24) is 15.1 Å². The van der Waals surface area contributed by atoms with Crippen molar-refractivity contribution in [3.05, 3.63) is 41.7 Å². The van der Waals surface area contributed by atoms with Crippen molar-refractivity contribution in [3.8, 4) is 5.75 Å². The lowest BCUT2D eigenvalue weighted by Gasteiger charge is -2.22. The number of aryl methyl sites for hydroxylation is 1. The van der Waals surface area contributed by atoms with E-state index in [0.717, 1.165) is 42.9 Å². The summed E-state index contributed by atoms with van der Waals surface area (Å²) >= 11 is 0. The second-order valence-electron chi connectivity index (χ2n) is 5.82. The monoisotopic (exact) mass is 314 g/mol. The average Bonchev–Trinajstić information content (AvgIpc) is 3.07. The van der Waals surface area contributed by atoms with E-state index in [-0.39, 0.29) is 5.91 Å². The Bertz CT molecular complexity index is 690. The molecule has 1 aromatic carbocycles. The molecule has 1 unspecified atom stereocenters. The molecule has 3 rings (SSSR count). The number of carbonyl (C=O) groups excluding carboxylic acids is 1. The number of methoxy groups -OCH3 is 1. The minimum Gasteiger partial charge on any atom is -0.497 e. The summed E-state index contributed by atoms with van der Waals surface area (Å²) in [7, 11) is 1.62. The Morgan fingerprint density at radius 2 is 2.30 bits per heavy atom. The number of nitrogens with zero attached hydrogens (tertiary/aromatic N) is 2. The highest BCUT2D eigenvalue weighted by atomic mass is 16.5. The summed E-state index contributed by atoms with van der Waals surface area (Å²) < 4.78 is 7.07. The Hall–Kier alpha value is -2.34. The zero-order chi connectivity index (χ0) is 16.2. The predicted octanol–water partition coefficient (Wildman–Crippen LogP) is 2.38. The third-order valence-electron chi connectivity index (χ3n) is 4.17. The number of carbonyl (C=O) groups is 1. The summed E-state index contributed by atoms with van der Waals surface area (Å²) in [5, 5.41) is 10.7. The normalized spacial score (nSPS) is 17.7. The molecule has 122 valence electrons. The maximum atomic E-state index is 12.4. The number of nitrogens with one attached hydrogen (secondary N) is 2. The van der Waals surface area contributed by atoms with Crippen molar-refractivity contribution >= 4 is 11.6 Å². The predicted molar refractivity (Wildman–Crippen MR) is 89.1 cm³/mol. The van der Waals surface area contributed by atoms with Crippen molar-refractivity contribution in [1.29, 1.82) is 0 Å². The molecule has 1 aromatic heterocycles. The molecular formula is C17H22N4O2. The summed E-state index contributed by atoms with van der Waals surface area (Å²) in [6.07, 6.45) is 4.11. The molecule has 0 radical (unpaired) electrons. The van der Waals surface area contributed by atoms with Gasteiger partial charge >= 0.3 is 0 Å². The largest absolute Gasteiger partial charge is 0.497 e. The fourth-order valence-electron chi connectivity index (χ4n) is 2.81. The minimum atomic E-state index is -0.194. The Labute approximate surface area is 135 Å². The van der Waals surface area contributed by atoms with Crippen LogP contribution in [0.1, 0.15) is 34.9 Å². The van der Waals surface area contributed by atoms with E-state index < -0.39 is 0 Å². The second-order valence-corrected chi connectivity index (χ2v) is 5.82. The van der Waals surface area contributed by atoms with E-state index in [1.54, 1.807) is 13.2 Å². The fourth-order valence-corrected chi connectivity index (χ4v) is 2.81. The zero-order valence-corrected chi connectivity index (χ0v) is 13.5. The summed E-state index contributed by atoms with van der Waals surface area (Å²) in [5.74, 6) is 0.579. The summed E-state index contributed by atoms with van der Waals surface area (Å²) in [6, 6.07) is 7.65. The van der Waals surface area contributed by atoms with Crippen LogP contribution in [0.15, 0.2) is 30.5 Å². The molecule has 1 aliphatic heterocycles. The average molecular weight is 314 g/mol. The van der Waals surface area contributed by atoms with Gasteiger partial charge in [0.25, 0.3) is 5.91 Å². The van der Waals surface area contributed by atoms with Crippen LogP contribution in [-0.4, -0.2) is 35.9 Å². The van der Waals surface area contributed by atoms with Crippen LogP contribution in [0, 0.1) is 6.92 Å². The second kappa shape index (κ2) is 6.83. The Morgan fingerprint density at radius 1 is 1.43 bits per heavy atom. The van der Waals surface area contributed by atoms with Gasteiger partial charge in [0.1, 0.15) is 5.75 Å². The van der Waals surface area contributed by atoms with E-state index >= 15 is 0 Å². The van der Waals surface area contributed by atoms with Gasteiger partial charge in [-0.25, -0.2) is 0 Å². The smallest absolute Gasteiger partial charge is 0.276 e. The molecule has 2 aromatic rings. The molecule has 0 spiro atoms. The van der Waals surface area contributed by atoms with Crippen LogP contribution < -0.4 is 15.4 Å². The number of hydrogen-bond acceptors (Lipinski definition) is 4. The molecule has 1 atom stereocenters. The molecule has 1 saturated heterocycles. The molecule has 0 aliphatic carbocycles. The van der Waals surface area contributed by atoms with Gasteiger partial charge in [0.15, 0.2) is 5.69 Å². The highest BCUT2D eigenvalue weighted by molar-refractivity contribution is 6.03. The van der Waals surface area contributed by atoms with Crippen molar-refractivity contribution in [2.45, 2.75) is 25.8 Å². The van der Waals surface area contributed by atoms with Gasteiger partial charge in [0.2, 0.25) is 0 Å². The van der Waals surface area contributed by atoms with Crippen LogP contribution in [0.3, 0.4) is 0 Å². The van der Waals surface area contributed by atoms with E-state index in [2.05, 4.69) is 15.7 Å². The van der Waals surface area contributed by atoms with Gasteiger partial charge in [-0.05, 0) is 56.1 Å². The molecule has 1 fully saturated rings. The van der Waals surface area contributed by atoms with Gasteiger partial charge in [-0.15, -0.1) is 0 Å². The van der Waals surface area contributed by atoms with Crippen molar-refractivity contribution in [2.24, 2.45) is 0 Å². The lowest BCUT2D eigenvalue weighted by molar-refractivity contribution is 0.102. The number of ether oxygens (including phenoxy) is 1. The van der Waals surface area contributed by atoms with Crippen LogP contribution in [0.4, 0.5) is 5.69 Å². The molecule has 1 aliphatic rings. The molecule has 0 saturated carbocycles. The van der Waals surface area contributed by atoms with Crippen molar-refractivity contribution in [3.63, 3.8) is 0 Å². The van der Waals surface area contributed by atoms with E-state index in [4.69, 9.17) is 4.74 Å². The van der Waals surface area contributed by atoms with Crippen molar-refractivity contribution in [2.75, 3.05) is 25.5 Å². The number of hydrogen-bond donors (Lipinski definition) is 2. The van der Waals surface area contributed by atoms with Crippen LogP contribution >= 0.6 is 0 Å². The number of piperidine rings is 1. The van der Waals surface area contributed by atoms with E-state index in [0.29, 0.717) is 11.7 Å². The summed E-state index contributed by atoms with van der Waals surface area (Å²) in [4.78, 5) is 12.4. The molecule has 2 heterocycles. The number of benzene rings is 1. The lowest BCUT2D eigenvalue weighted by atomic mass is 10.1. The van der Waals surface area contributed by atoms with Gasteiger partial charge in [0.05, 0.1) is 13.2 Å². The fraction of sp³-hybridized carbons (Fsp3) is 0.412. The SMILES string of the molecule is COc1ccc(NC(=O)c2ccn(C3CCCNC3)n2)c(C)c1. The zero-order valence-electron chi connectivity index (χ0n) is 13.5. The molecule has 6 nitrogen and oxygen atoms in total.